The topological polar surface area (TPSA) is 41.1 Å². The molecule has 0 saturated heterocycles. The van der Waals surface area contributed by atoms with Crippen molar-refractivity contribution in [2.45, 2.75) is 78.4 Å². The Morgan fingerprint density at radius 2 is 1.69 bits per heavy atom. The summed E-state index contributed by atoms with van der Waals surface area (Å²) in [4.78, 5) is 11.9. The van der Waals surface area contributed by atoms with Crippen LogP contribution in [0.25, 0.3) is 0 Å². The molecule has 0 aromatic heterocycles. The molecule has 1 unspecified atom stereocenters. The molecule has 0 bridgehead atoms. The summed E-state index contributed by atoms with van der Waals surface area (Å²) >= 11 is 0. The molecule has 3 nitrogen and oxygen atoms in total. The highest BCUT2D eigenvalue weighted by molar-refractivity contribution is 5.82. The summed E-state index contributed by atoms with van der Waals surface area (Å²) in [6.45, 7) is 12.4. The van der Waals surface area contributed by atoms with E-state index in [0.717, 1.165) is 19.3 Å². The number of rotatable bonds is 7. The van der Waals surface area contributed by atoms with Crippen LogP contribution in [0.15, 0.2) is 0 Å². The summed E-state index contributed by atoms with van der Waals surface area (Å²) < 4.78 is 0. The second-order valence-corrected chi connectivity index (χ2v) is 5.13. The molecule has 0 radical (unpaired) electrons. The fourth-order valence-electron chi connectivity index (χ4n) is 1.48. The van der Waals surface area contributed by atoms with Crippen LogP contribution in [0.3, 0.4) is 0 Å². The number of carbonyl (C=O) groups excluding carboxylic acids is 1. The quantitative estimate of drug-likeness (QED) is 0.703. The maximum atomic E-state index is 11.9. The molecule has 0 fully saturated rings. The lowest BCUT2D eigenvalue weighted by atomic mass is 10.0. The van der Waals surface area contributed by atoms with Crippen LogP contribution >= 0.6 is 0 Å². The lowest BCUT2D eigenvalue weighted by Gasteiger charge is -2.28. The van der Waals surface area contributed by atoms with E-state index in [9.17, 15) is 4.79 Å². The van der Waals surface area contributed by atoms with Gasteiger partial charge in [-0.2, -0.15) is 0 Å². The Morgan fingerprint density at radius 1 is 1.19 bits per heavy atom. The zero-order chi connectivity index (χ0) is 12.8. The Balaban J connectivity index is 4.18. The van der Waals surface area contributed by atoms with Gasteiger partial charge in [0, 0.05) is 11.6 Å². The van der Waals surface area contributed by atoms with Crippen molar-refractivity contribution in [3.05, 3.63) is 0 Å². The van der Waals surface area contributed by atoms with Gasteiger partial charge in [0.25, 0.3) is 0 Å². The zero-order valence-corrected chi connectivity index (χ0v) is 11.7. The molecule has 0 aliphatic rings. The lowest BCUT2D eigenvalue weighted by molar-refractivity contribution is -0.124. The first-order valence-corrected chi connectivity index (χ1v) is 6.44. The fourth-order valence-corrected chi connectivity index (χ4v) is 1.48. The average molecular weight is 228 g/mol. The molecule has 0 aromatic carbocycles. The van der Waals surface area contributed by atoms with Crippen molar-refractivity contribution in [2.24, 2.45) is 0 Å². The molecule has 0 saturated carbocycles. The third-order valence-corrected chi connectivity index (χ3v) is 3.21. The van der Waals surface area contributed by atoms with Gasteiger partial charge < -0.3 is 10.6 Å². The van der Waals surface area contributed by atoms with E-state index in [4.69, 9.17) is 0 Å². The molecule has 3 heteroatoms. The van der Waals surface area contributed by atoms with Crippen LogP contribution in [0, 0.1) is 0 Å². The van der Waals surface area contributed by atoms with Crippen LogP contribution in [-0.4, -0.2) is 23.5 Å². The van der Waals surface area contributed by atoms with Crippen molar-refractivity contribution in [3.8, 4) is 0 Å². The van der Waals surface area contributed by atoms with Crippen LogP contribution in [-0.2, 0) is 4.79 Å². The Labute approximate surface area is 100 Å². The zero-order valence-electron chi connectivity index (χ0n) is 11.7. The van der Waals surface area contributed by atoms with E-state index < -0.39 is 0 Å². The van der Waals surface area contributed by atoms with Gasteiger partial charge in [-0.05, 0) is 40.0 Å². The maximum Gasteiger partial charge on any atom is 0.237 e. The van der Waals surface area contributed by atoms with E-state index in [-0.39, 0.29) is 17.5 Å². The molecular formula is C13H28N2O. The van der Waals surface area contributed by atoms with Crippen LogP contribution in [0.2, 0.25) is 0 Å². The van der Waals surface area contributed by atoms with Crippen LogP contribution < -0.4 is 10.6 Å². The average Bonchev–Trinajstić information content (AvgIpc) is 2.24. The van der Waals surface area contributed by atoms with E-state index in [1.165, 1.54) is 0 Å². The Morgan fingerprint density at radius 3 is 2.06 bits per heavy atom. The highest BCUT2D eigenvalue weighted by Gasteiger charge is 2.22. The van der Waals surface area contributed by atoms with Crippen LogP contribution in [0.4, 0.5) is 0 Å². The minimum absolute atomic E-state index is 0.0961. The first kappa shape index (κ1) is 15.4. The van der Waals surface area contributed by atoms with Crippen molar-refractivity contribution < 1.29 is 4.79 Å². The third kappa shape index (κ3) is 5.50. The number of carbonyl (C=O) groups is 1. The monoisotopic (exact) mass is 228 g/mol. The molecule has 96 valence electrons. The molecule has 1 atom stereocenters. The van der Waals surface area contributed by atoms with Crippen LogP contribution in [0.5, 0.6) is 0 Å². The van der Waals surface area contributed by atoms with Gasteiger partial charge in [0.2, 0.25) is 5.91 Å². The third-order valence-electron chi connectivity index (χ3n) is 3.21. The predicted molar refractivity (Wildman–Crippen MR) is 69.5 cm³/mol. The molecular weight excluding hydrogens is 200 g/mol. The highest BCUT2D eigenvalue weighted by atomic mass is 16.2. The molecule has 16 heavy (non-hydrogen) atoms. The van der Waals surface area contributed by atoms with E-state index in [1.807, 2.05) is 6.92 Å². The molecule has 1 amide bonds. The van der Waals surface area contributed by atoms with E-state index in [2.05, 4.69) is 45.3 Å². The molecule has 0 spiro atoms. The second kappa shape index (κ2) is 6.89. The Hall–Kier alpha value is -0.570. The summed E-state index contributed by atoms with van der Waals surface area (Å²) in [5.41, 5.74) is -0.110. The molecule has 0 rings (SSSR count). The van der Waals surface area contributed by atoms with Crippen molar-refractivity contribution in [1.29, 1.82) is 0 Å². The molecule has 0 aliphatic heterocycles. The van der Waals surface area contributed by atoms with Crippen molar-refractivity contribution in [1.82, 2.24) is 10.6 Å². The standard InChI is InChI=1S/C13H28N2O/c1-7-11(8-2)14-10(4)12(16)15-13(5,6)9-3/h10-11,14H,7-9H2,1-6H3,(H,15,16). The summed E-state index contributed by atoms with van der Waals surface area (Å²) in [5.74, 6) is 0.0961. The molecule has 2 N–H and O–H groups in total. The summed E-state index contributed by atoms with van der Waals surface area (Å²) in [6, 6.07) is 0.321. The smallest absolute Gasteiger partial charge is 0.237 e. The Kier molecular flexibility index (Phi) is 6.65. The summed E-state index contributed by atoms with van der Waals surface area (Å²) in [5, 5.41) is 6.41. The van der Waals surface area contributed by atoms with Gasteiger partial charge in [-0.25, -0.2) is 0 Å². The number of nitrogens with one attached hydrogen (secondary N) is 2. The van der Waals surface area contributed by atoms with Gasteiger partial charge >= 0.3 is 0 Å². The Bertz CT molecular complexity index is 210. The van der Waals surface area contributed by atoms with Gasteiger partial charge in [0.05, 0.1) is 6.04 Å². The van der Waals surface area contributed by atoms with Gasteiger partial charge in [0.15, 0.2) is 0 Å². The largest absolute Gasteiger partial charge is 0.350 e. The highest BCUT2D eigenvalue weighted by Crippen LogP contribution is 2.07. The molecule has 0 aliphatic carbocycles. The van der Waals surface area contributed by atoms with E-state index >= 15 is 0 Å². The van der Waals surface area contributed by atoms with Crippen molar-refractivity contribution >= 4 is 5.91 Å². The molecule has 0 heterocycles. The second-order valence-electron chi connectivity index (χ2n) is 5.13. The van der Waals surface area contributed by atoms with Gasteiger partial charge in [-0.15, -0.1) is 0 Å². The van der Waals surface area contributed by atoms with Gasteiger partial charge in [-0.3, -0.25) is 4.79 Å². The maximum absolute atomic E-state index is 11.9. The molecule has 0 aromatic rings. The SMILES string of the molecule is CCC(CC)NC(C)C(=O)NC(C)(C)CC. The van der Waals surface area contributed by atoms with Gasteiger partial charge in [0.1, 0.15) is 0 Å². The van der Waals surface area contributed by atoms with Crippen LogP contribution in [0.1, 0.15) is 60.8 Å². The number of amides is 1. The van der Waals surface area contributed by atoms with E-state index in [1.54, 1.807) is 0 Å². The first-order valence-electron chi connectivity index (χ1n) is 6.44. The summed E-state index contributed by atoms with van der Waals surface area (Å²) in [6.07, 6.45) is 3.06. The van der Waals surface area contributed by atoms with E-state index in [0.29, 0.717) is 6.04 Å². The number of hydrogen-bond acceptors (Lipinski definition) is 2. The minimum atomic E-state index is -0.115. The normalized spacial score (nSPS) is 13.9. The minimum Gasteiger partial charge on any atom is -0.350 e. The van der Waals surface area contributed by atoms with Crippen molar-refractivity contribution in [2.75, 3.05) is 0 Å². The van der Waals surface area contributed by atoms with Crippen molar-refractivity contribution in [3.63, 3.8) is 0 Å². The first-order chi connectivity index (χ1) is 7.36. The lowest BCUT2D eigenvalue weighted by Crippen LogP contribution is -2.52. The number of hydrogen-bond donors (Lipinski definition) is 2. The fraction of sp³-hybridized carbons (Fsp3) is 0.923. The predicted octanol–water partition coefficient (Wildman–Crippen LogP) is 2.46. The van der Waals surface area contributed by atoms with Gasteiger partial charge in [-0.1, -0.05) is 20.8 Å². The summed E-state index contributed by atoms with van der Waals surface area (Å²) in [7, 11) is 0.